The Balaban J connectivity index is 0.622. The number of hydrogen-bond acceptors (Lipinski definition) is 4. The van der Waals surface area contributed by atoms with E-state index in [1.54, 1.807) is 0 Å². The van der Waals surface area contributed by atoms with Crippen molar-refractivity contribution in [2.24, 2.45) is 27.2 Å². The first-order valence-corrected chi connectivity index (χ1v) is 38.4. The first kappa shape index (κ1) is 62.1. The van der Waals surface area contributed by atoms with Crippen molar-refractivity contribution in [1.82, 2.24) is 23.7 Å². The van der Waals surface area contributed by atoms with E-state index in [9.17, 15) is 0 Å². The molecule has 0 saturated carbocycles. The molecule has 23 rings (SSSR count). The Labute approximate surface area is 631 Å². The van der Waals surface area contributed by atoms with Crippen LogP contribution in [-0.4, -0.2) is 41.4 Å². The largest absolute Gasteiger partial charge is 0.309 e. The van der Waals surface area contributed by atoms with Crippen LogP contribution in [0.15, 0.2) is 337 Å². The van der Waals surface area contributed by atoms with Crippen LogP contribution in [0.1, 0.15) is 69.4 Å². The molecule has 0 bridgehead atoms. The molecule has 13 aromatic carbocycles. The van der Waals surface area contributed by atoms with Crippen LogP contribution < -0.4 is 0 Å². The van der Waals surface area contributed by atoms with Crippen molar-refractivity contribution in [3.63, 3.8) is 0 Å². The maximum absolute atomic E-state index is 5.71. The molecule has 4 atom stereocenters. The van der Waals surface area contributed by atoms with Gasteiger partial charge in [-0.25, -0.2) is 20.0 Å². The number of fused-ring (bicyclic) bond motifs is 21. The standard InChI is InChI=1S/C102H73N7/c1-59-21-19-32-76-95(59)104-99(106-97(76)68-37-36-60-22-7-8-24-63(60)50-68)109-91-47-42-66(52-80(91)82-54-77-74-45-40-62-23-9-10-28-71(62)94(74)101(4,5)86(77)57-93(82)109)65-41-46-90-79(51-65)72-29-12-15-34-88(72)107(90)70-43-38-61(39-44-70)64-25-20-26-67(49-64)96-75-31-11-14-33-87(75)103-98(105-96)108-89-35-16-13-30-73(89)81-55-78-83-58-102(6)48-18-17-27-69(102)53-84(83)100(2,3)85(78)56-92(81)108/h7-59,69,95H,1-6H3. The van der Waals surface area contributed by atoms with E-state index in [4.69, 9.17) is 20.0 Å². The second-order valence-corrected chi connectivity index (χ2v) is 32.3. The zero-order chi connectivity index (χ0) is 72.5. The van der Waals surface area contributed by atoms with Crippen LogP contribution in [0.4, 0.5) is 0 Å². The lowest BCUT2D eigenvalue weighted by Crippen LogP contribution is -2.32. The molecule has 0 amide bonds. The van der Waals surface area contributed by atoms with Gasteiger partial charge in [0.1, 0.15) is 0 Å². The molecule has 0 N–H and O–H groups in total. The summed E-state index contributed by atoms with van der Waals surface area (Å²) in [5.74, 6) is 1.85. The van der Waals surface area contributed by atoms with E-state index in [1.807, 2.05) is 0 Å². The number of aliphatic imine (C=N–C) groups is 2. The lowest BCUT2D eigenvalue weighted by Gasteiger charge is -2.37. The summed E-state index contributed by atoms with van der Waals surface area (Å²) in [5, 5.41) is 13.1. The number of allylic oxidation sites excluding steroid dienone is 10. The van der Waals surface area contributed by atoms with Crippen molar-refractivity contribution >= 4 is 115 Å². The number of rotatable bonds is 6. The summed E-state index contributed by atoms with van der Waals surface area (Å²) in [6.45, 7) is 14.3. The van der Waals surface area contributed by atoms with Gasteiger partial charge in [0, 0.05) is 88.2 Å². The maximum Gasteiger partial charge on any atom is 0.235 e. The molecule has 0 saturated heterocycles. The fraction of sp³-hybridized carbons (Fsp3) is 0.118. The number of hydrogen-bond donors (Lipinski definition) is 0. The lowest BCUT2D eigenvalue weighted by molar-refractivity contribution is 0.447. The topological polar surface area (TPSA) is 65.3 Å². The molecule has 0 fully saturated rings. The molecule has 5 heterocycles. The zero-order valence-corrected chi connectivity index (χ0v) is 61.4. The van der Waals surface area contributed by atoms with Crippen molar-refractivity contribution in [3.8, 4) is 56.3 Å². The summed E-state index contributed by atoms with van der Waals surface area (Å²) in [6.07, 6.45) is 20.9. The normalized spacial score (nSPS) is 19.2. The molecule has 4 aromatic heterocycles. The minimum atomic E-state index is -0.273. The molecule has 6 aliphatic rings. The van der Waals surface area contributed by atoms with E-state index in [2.05, 4.69) is 371 Å². The average Bonchev–Trinajstić information content (AvgIpc) is 1.54. The molecule has 0 radical (unpaired) electrons. The molecule has 516 valence electrons. The first-order valence-electron chi connectivity index (χ1n) is 38.4. The lowest BCUT2D eigenvalue weighted by atomic mass is 9.67. The highest BCUT2D eigenvalue weighted by Crippen LogP contribution is 2.58. The van der Waals surface area contributed by atoms with E-state index in [-0.39, 0.29) is 28.2 Å². The Kier molecular flexibility index (Phi) is 12.8. The van der Waals surface area contributed by atoms with Crippen LogP contribution in [0.2, 0.25) is 0 Å². The molecular formula is C102H73N7. The van der Waals surface area contributed by atoms with Crippen LogP contribution in [-0.2, 0) is 10.8 Å². The monoisotopic (exact) mass is 1400 g/mol. The van der Waals surface area contributed by atoms with Crippen molar-refractivity contribution in [1.29, 1.82) is 0 Å². The number of benzene rings is 13. The van der Waals surface area contributed by atoms with E-state index >= 15 is 0 Å². The van der Waals surface area contributed by atoms with E-state index < -0.39 is 0 Å². The molecule has 7 nitrogen and oxygen atoms in total. The summed E-state index contributed by atoms with van der Waals surface area (Å²) < 4.78 is 7.11. The molecule has 1 aliphatic heterocycles. The van der Waals surface area contributed by atoms with Gasteiger partial charge in [-0.3, -0.25) is 9.13 Å². The fourth-order valence-corrected chi connectivity index (χ4v) is 19.9. The van der Waals surface area contributed by atoms with Gasteiger partial charge in [-0.1, -0.05) is 266 Å². The quantitative estimate of drug-likeness (QED) is 0.166. The van der Waals surface area contributed by atoms with Crippen LogP contribution in [0.25, 0.3) is 160 Å². The minimum absolute atomic E-state index is 0.0743. The molecule has 5 aliphatic carbocycles. The van der Waals surface area contributed by atoms with Gasteiger partial charge in [0.25, 0.3) is 0 Å². The van der Waals surface area contributed by atoms with Crippen LogP contribution in [0.5, 0.6) is 0 Å². The Morgan fingerprint density at radius 1 is 0.394 bits per heavy atom. The third-order valence-corrected chi connectivity index (χ3v) is 25.4. The number of para-hydroxylation sites is 3. The fourth-order valence-electron chi connectivity index (χ4n) is 19.9. The van der Waals surface area contributed by atoms with Gasteiger partial charge in [-0.05, 0) is 179 Å². The predicted octanol–water partition coefficient (Wildman–Crippen LogP) is 25.1. The summed E-state index contributed by atoms with van der Waals surface area (Å²) in [7, 11) is 0. The van der Waals surface area contributed by atoms with Crippen LogP contribution in [0, 0.1) is 17.3 Å². The molecule has 109 heavy (non-hydrogen) atoms. The Hall–Kier alpha value is -13.1. The van der Waals surface area contributed by atoms with E-state index in [0.29, 0.717) is 17.8 Å². The van der Waals surface area contributed by atoms with Gasteiger partial charge in [0.15, 0.2) is 0 Å². The molecule has 7 heteroatoms. The zero-order valence-electron chi connectivity index (χ0n) is 61.4. The van der Waals surface area contributed by atoms with Gasteiger partial charge >= 0.3 is 0 Å². The van der Waals surface area contributed by atoms with Crippen LogP contribution in [0.3, 0.4) is 0 Å². The number of nitrogens with zero attached hydrogens (tertiary/aromatic N) is 7. The predicted molar refractivity (Wildman–Crippen MR) is 455 cm³/mol. The number of aromatic nitrogens is 5. The van der Waals surface area contributed by atoms with Crippen molar-refractivity contribution in [2.45, 2.75) is 58.4 Å². The maximum atomic E-state index is 5.71. The molecule has 17 aromatic rings. The third kappa shape index (κ3) is 8.93. The van der Waals surface area contributed by atoms with Crippen molar-refractivity contribution < 1.29 is 0 Å². The SMILES string of the molecule is CC1C=CC=C2C(c3ccc4ccccc4c3)=NC(n3c4ccc(-c5ccc6c(c5)c5ccccc5n6-c5ccc(-c6cccc(-c7nc(-n8c9ccccc9c9cc%10c(cc98)C(C)(C)C8=CC9C=CC=CC9(C)C=C8%10)nc8ccccc78)c6)cc5)cc4c4cc5c(cc43)C(C)(C)c3c-5ccc4ccccc34)=NC21. The molecule has 0 spiro atoms. The van der Waals surface area contributed by atoms with Crippen LogP contribution >= 0.6 is 0 Å². The minimum Gasteiger partial charge on any atom is -0.309 e. The molecular weight excluding hydrogens is 1320 g/mol. The highest BCUT2D eigenvalue weighted by Gasteiger charge is 2.45. The van der Waals surface area contributed by atoms with Gasteiger partial charge in [0.05, 0.1) is 56.1 Å². The smallest absolute Gasteiger partial charge is 0.235 e. The molecule has 4 unspecified atom stereocenters. The van der Waals surface area contributed by atoms with E-state index in [1.165, 1.54) is 93.0 Å². The van der Waals surface area contributed by atoms with Crippen molar-refractivity contribution in [2.75, 3.05) is 0 Å². The van der Waals surface area contributed by atoms with Gasteiger partial charge < -0.3 is 4.57 Å². The summed E-state index contributed by atoms with van der Waals surface area (Å²) in [6, 6.07) is 96.9. The Morgan fingerprint density at radius 2 is 1.00 bits per heavy atom. The Morgan fingerprint density at radius 3 is 1.80 bits per heavy atom. The van der Waals surface area contributed by atoms with Gasteiger partial charge in [0.2, 0.25) is 11.9 Å². The first-order chi connectivity index (χ1) is 53.3. The highest BCUT2D eigenvalue weighted by atomic mass is 15.2. The highest BCUT2D eigenvalue weighted by molar-refractivity contribution is 6.24. The summed E-state index contributed by atoms with van der Waals surface area (Å²) in [5.41, 5.74) is 28.5. The Bertz CT molecular complexity index is 7260. The summed E-state index contributed by atoms with van der Waals surface area (Å²) >= 11 is 0. The third-order valence-electron chi connectivity index (χ3n) is 25.4. The van der Waals surface area contributed by atoms with Gasteiger partial charge in [-0.2, -0.15) is 0 Å². The summed E-state index contributed by atoms with van der Waals surface area (Å²) in [4.78, 5) is 22.5. The second-order valence-electron chi connectivity index (χ2n) is 32.3. The van der Waals surface area contributed by atoms with E-state index in [0.717, 1.165) is 105 Å². The second kappa shape index (κ2) is 22.5. The average molecular weight is 1400 g/mol. The van der Waals surface area contributed by atoms with Gasteiger partial charge in [-0.15, -0.1) is 0 Å². The van der Waals surface area contributed by atoms with Crippen molar-refractivity contribution in [3.05, 3.63) is 355 Å².